The predicted octanol–water partition coefficient (Wildman–Crippen LogP) is 5.42. The standard InChI is InChI=1S/C16H36OSi/c1-3-5-7-9-11-13-15-18(17)16-14-12-10-8-6-4-2/h17-18H,3-16H2,1-2H3. The van der Waals surface area contributed by atoms with Crippen molar-refractivity contribution in [3.8, 4) is 0 Å². The highest BCUT2D eigenvalue weighted by atomic mass is 28.3. The molecule has 0 fully saturated rings. The number of hydrogen-bond acceptors (Lipinski definition) is 1. The summed E-state index contributed by atoms with van der Waals surface area (Å²) in [4.78, 5) is 9.99. The topological polar surface area (TPSA) is 20.2 Å². The Morgan fingerprint density at radius 3 is 1.28 bits per heavy atom. The molecule has 0 amide bonds. The number of rotatable bonds is 14. The Kier molecular flexibility index (Phi) is 15.4. The molecule has 1 N–H and O–H groups in total. The summed E-state index contributed by atoms with van der Waals surface area (Å²) in [6.07, 6.45) is 16.2. The van der Waals surface area contributed by atoms with Gasteiger partial charge in [0.05, 0.1) is 0 Å². The zero-order valence-electron chi connectivity index (χ0n) is 12.9. The first-order chi connectivity index (χ1) is 8.81. The SMILES string of the molecule is CCCCCCCC[SiH](O)CCCCCCCC. The highest BCUT2D eigenvalue weighted by Crippen LogP contribution is 2.13. The Labute approximate surface area is 117 Å². The lowest BCUT2D eigenvalue weighted by molar-refractivity contribution is 0.540. The maximum Gasteiger partial charge on any atom is 0.172 e. The highest BCUT2D eigenvalue weighted by molar-refractivity contribution is 6.50. The maximum atomic E-state index is 9.99. The van der Waals surface area contributed by atoms with Crippen molar-refractivity contribution in [2.24, 2.45) is 0 Å². The first-order valence-corrected chi connectivity index (χ1v) is 10.6. The fourth-order valence-corrected chi connectivity index (χ4v) is 4.27. The molecular weight excluding hydrogens is 236 g/mol. The Bertz CT molecular complexity index is 134. The van der Waals surface area contributed by atoms with Gasteiger partial charge in [-0.15, -0.1) is 0 Å². The van der Waals surface area contributed by atoms with Gasteiger partial charge in [0.1, 0.15) is 0 Å². The van der Waals surface area contributed by atoms with Crippen LogP contribution in [0.3, 0.4) is 0 Å². The summed E-state index contributed by atoms with van der Waals surface area (Å²) in [5.74, 6) is 0. The molecule has 2 heteroatoms. The van der Waals surface area contributed by atoms with Crippen LogP contribution >= 0.6 is 0 Å². The molecule has 110 valence electrons. The molecule has 0 saturated heterocycles. The van der Waals surface area contributed by atoms with E-state index in [0.717, 1.165) is 0 Å². The lowest BCUT2D eigenvalue weighted by Gasteiger charge is -2.08. The van der Waals surface area contributed by atoms with Gasteiger partial charge >= 0.3 is 0 Å². The first-order valence-electron chi connectivity index (χ1n) is 8.49. The average Bonchev–Trinajstić information content (AvgIpc) is 2.38. The molecule has 18 heavy (non-hydrogen) atoms. The highest BCUT2D eigenvalue weighted by Gasteiger charge is 2.06. The van der Waals surface area contributed by atoms with Crippen molar-refractivity contribution in [2.45, 2.75) is 103 Å². The molecule has 0 radical (unpaired) electrons. The minimum Gasteiger partial charge on any atom is -0.435 e. The van der Waals surface area contributed by atoms with Crippen LogP contribution in [0, 0.1) is 0 Å². The summed E-state index contributed by atoms with van der Waals surface area (Å²) in [6.45, 7) is 4.52. The largest absolute Gasteiger partial charge is 0.435 e. The molecule has 0 spiro atoms. The van der Waals surface area contributed by atoms with Crippen molar-refractivity contribution in [1.82, 2.24) is 0 Å². The normalized spacial score (nSPS) is 11.3. The van der Waals surface area contributed by atoms with Crippen LogP contribution in [0.25, 0.3) is 0 Å². The summed E-state index contributed by atoms with van der Waals surface area (Å²) in [7, 11) is -1.32. The van der Waals surface area contributed by atoms with Crippen molar-refractivity contribution in [2.75, 3.05) is 0 Å². The molecule has 0 aliphatic rings. The second-order valence-corrected chi connectivity index (χ2v) is 8.23. The van der Waals surface area contributed by atoms with Crippen LogP contribution in [-0.4, -0.2) is 13.8 Å². The molecule has 0 aromatic rings. The maximum absolute atomic E-state index is 9.99. The van der Waals surface area contributed by atoms with E-state index in [2.05, 4.69) is 13.8 Å². The van der Waals surface area contributed by atoms with Gasteiger partial charge in [-0.05, 0) is 12.1 Å². The van der Waals surface area contributed by atoms with Crippen molar-refractivity contribution in [3.05, 3.63) is 0 Å². The van der Waals surface area contributed by atoms with Crippen molar-refractivity contribution >= 4 is 9.04 Å². The monoisotopic (exact) mass is 272 g/mol. The molecule has 0 unspecified atom stereocenters. The number of hydrogen-bond donors (Lipinski definition) is 1. The van der Waals surface area contributed by atoms with Crippen LogP contribution in [0.1, 0.15) is 90.9 Å². The van der Waals surface area contributed by atoms with E-state index < -0.39 is 9.04 Å². The third kappa shape index (κ3) is 14.2. The third-order valence-corrected chi connectivity index (χ3v) is 5.93. The fraction of sp³-hybridized carbons (Fsp3) is 1.00. The first kappa shape index (κ1) is 18.2. The molecule has 0 aliphatic heterocycles. The van der Waals surface area contributed by atoms with Gasteiger partial charge in [-0.2, -0.15) is 0 Å². The minimum absolute atomic E-state index is 1.17. The van der Waals surface area contributed by atoms with Gasteiger partial charge in [0.25, 0.3) is 0 Å². The second kappa shape index (κ2) is 15.2. The van der Waals surface area contributed by atoms with Gasteiger partial charge in [0.15, 0.2) is 9.04 Å². The quantitative estimate of drug-likeness (QED) is 0.330. The molecule has 0 aromatic heterocycles. The van der Waals surface area contributed by atoms with Crippen LogP contribution in [0.2, 0.25) is 12.1 Å². The Morgan fingerprint density at radius 2 is 0.889 bits per heavy atom. The zero-order valence-corrected chi connectivity index (χ0v) is 14.1. The summed E-state index contributed by atoms with van der Waals surface area (Å²) in [6, 6.07) is 2.34. The smallest absolute Gasteiger partial charge is 0.172 e. The van der Waals surface area contributed by atoms with E-state index in [1.807, 2.05) is 0 Å². The lowest BCUT2D eigenvalue weighted by Crippen LogP contribution is -2.10. The van der Waals surface area contributed by atoms with Crippen molar-refractivity contribution in [3.63, 3.8) is 0 Å². The molecule has 0 aromatic carbocycles. The molecule has 0 rings (SSSR count). The van der Waals surface area contributed by atoms with E-state index in [1.54, 1.807) is 0 Å². The summed E-state index contributed by atoms with van der Waals surface area (Å²) < 4.78 is 0. The van der Waals surface area contributed by atoms with E-state index >= 15 is 0 Å². The van der Waals surface area contributed by atoms with Crippen molar-refractivity contribution in [1.29, 1.82) is 0 Å². The lowest BCUT2D eigenvalue weighted by atomic mass is 10.1. The summed E-state index contributed by atoms with van der Waals surface area (Å²) >= 11 is 0. The summed E-state index contributed by atoms with van der Waals surface area (Å²) in [5.41, 5.74) is 0. The van der Waals surface area contributed by atoms with E-state index in [1.165, 1.54) is 89.1 Å². The van der Waals surface area contributed by atoms with E-state index in [-0.39, 0.29) is 0 Å². The van der Waals surface area contributed by atoms with E-state index in [0.29, 0.717) is 0 Å². The van der Waals surface area contributed by atoms with Crippen LogP contribution in [0.5, 0.6) is 0 Å². The molecule has 0 saturated carbocycles. The van der Waals surface area contributed by atoms with Gasteiger partial charge in [-0.25, -0.2) is 0 Å². The van der Waals surface area contributed by atoms with E-state index in [4.69, 9.17) is 0 Å². The Hall–Kier alpha value is 0.177. The van der Waals surface area contributed by atoms with Crippen LogP contribution in [0.15, 0.2) is 0 Å². The molecule has 1 nitrogen and oxygen atoms in total. The van der Waals surface area contributed by atoms with Crippen molar-refractivity contribution < 1.29 is 4.80 Å². The van der Waals surface area contributed by atoms with Gasteiger partial charge in [-0.3, -0.25) is 0 Å². The van der Waals surface area contributed by atoms with Gasteiger partial charge in [-0.1, -0.05) is 90.9 Å². The van der Waals surface area contributed by atoms with Crippen LogP contribution < -0.4 is 0 Å². The van der Waals surface area contributed by atoms with Gasteiger partial charge in [0.2, 0.25) is 0 Å². The fourth-order valence-electron chi connectivity index (χ4n) is 2.46. The van der Waals surface area contributed by atoms with Gasteiger partial charge < -0.3 is 4.80 Å². The van der Waals surface area contributed by atoms with Crippen LogP contribution in [0.4, 0.5) is 0 Å². The third-order valence-electron chi connectivity index (χ3n) is 3.78. The summed E-state index contributed by atoms with van der Waals surface area (Å²) in [5, 5.41) is 0. The predicted molar refractivity (Wildman–Crippen MR) is 85.7 cm³/mol. The van der Waals surface area contributed by atoms with E-state index in [9.17, 15) is 4.80 Å². The second-order valence-electron chi connectivity index (χ2n) is 5.77. The minimum atomic E-state index is -1.32. The molecule has 0 bridgehead atoms. The molecular formula is C16H36OSi. The number of unbranched alkanes of at least 4 members (excludes halogenated alkanes) is 10. The average molecular weight is 273 g/mol. The van der Waals surface area contributed by atoms with Crippen LogP contribution in [-0.2, 0) is 0 Å². The molecule has 0 atom stereocenters. The zero-order chi connectivity index (χ0) is 13.5. The Morgan fingerprint density at radius 1 is 0.556 bits per heavy atom. The Balaban J connectivity index is 3.10. The van der Waals surface area contributed by atoms with Gasteiger partial charge in [0, 0.05) is 0 Å². The molecule has 0 heterocycles. The molecule has 0 aliphatic carbocycles.